The molecule has 1 N–H and O–H groups in total. The minimum atomic E-state index is -0.677. The van der Waals surface area contributed by atoms with Crippen LogP contribution in [-0.4, -0.2) is 44.9 Å². The average molecular weight is 276 g/mol. The third kappa shape index (κ3) is 1.99. The first kappa shape index (κ1) is 13.1. The number of amides is 2. The predicted octanol–water partition coefficient (Wildman–Crippen LogP) is 0.319. The molecule has 1 aromatic heterocycles. The lowest BCUT2D eigenvalue weighted by atomic mass is 9.90. The number of hydrogen-bond donors (Lipinski definition) is 1. The van der Waals surface area contributed by atoms with Crippen molar-refractivity contribution in [3.63, 3.8) is 0 Å². The van der Waals surface area contributed by atoms with E-state index in [2.05, 4.69) is 10.3 Å². The van der Waals surface area contributed by atoms with E-state index < -0.39 is 5.54 Å². The monoisotopic (exact) mass is 276 g/mol. The fraction of sp³-hybridized carbons (Fsp3) is 0.643. The molecule has 1 aliphatic heterocycles. The highest BCUT2D eigenvalue weighted by atomic mass is 16.2. The van der Waals surface area contributed by atoms with E-state index in [1.54, 1.807) is 11.1 Å². The van der Waals surface area contributed by atoms with Crippen molar-refractivity contribution in [2.45, 2.75) is 38.8 Å². The summed E-state index contributed by atoms with van der Waals surface area (Å²) in [6.07, 6.45) is 5.70. The van der Waals surface area contributed by atoms with Crippen molar-refractivity contribution in [2.75, 3.05) is 13.1 Å². The first-order valence-electron chi connectivity index (χ1n) is 7.10. The summed E-state index contributed by atoms with van der Waals surface area (Å²) in [4.78, 5) is 30.4. The van der Waals surface area contributed by atoms with Gasteiger partial charge in [-0.1, -0.05) is 0 Å². The molecule has 1 aliphatic carbocycles. The molecule has 0 aromatic carbocycles. The molecule has 2 aliphatic rings. The van der Waals surface area contributed by atoms with Crippen molar-refractivity contribution in [3.05, 3.63) is 18.2 Å². The van der Waals surface area contributed by atoms with Gasteiger partial charge in [0.15, 0.2) is 0 Å². The topological polar surface area (TPSA) is 67.2 Å². The Kier molecular flexibility index (Phi) is 3.03. The molecule has 0 bridgehead atoms. The molecule has 20 heavy (non-hydrogen) atoms. The summed E-state index contributed by atoms with van der Waals surface area (Å²) in [7, 11) is 0. The van der Waals surface area contributed by atoms with Gasteiger partial charge in [0.05, 0.1) is 6.54 Å². The standard InChI is InChI=1S/C14H20N4O2/c1-10-15-5-6-17(10)7-8-18-12(19)9-16-13(20)14(18,2)11-3-4-11/h5-6,11H,3-4,7-9H2,1-2H3,(H,16,20). The maximum atomic E-state index is 12.3. The minimum absolute atomic E-state index is 0.0109. The Morgan fingerprint density at radius 3 is 2.75 bits per heavy atom. The smallest absolute Gasteiger partial charge is 0.246 e. The molecule has 2 heterocycles. The Hall–Kier alpha value is -1.85. The number of aromatic nitrogens is 2. The summed E-state index contributed by atoms with van der Waals surface area (Å²) < 4.78 is 2.01. The number of nitrogens with one attached hydrogen (secondary N) is 1. The molecule has 1 aromatic rings. The molecule has 1 saturated heterocycles. The van der Waals surface area contributed by atoms with Crippen LogP contribution in [0.15, 0.2) is 12.4 Å². The lowest BCUT2D eigenvalue weighted by Crippen LogP contribution is -2.67. The van der Waals surface area contributed by atoms with Crippen LogP contribution in [0.4, 0.5) is 0 Å². The van der Waals surface area contributed by atoms with E-state index in [0.717, 1.165) is 18.7 Å². The summed E-state index contributed by atoms with van der Waals surface area (Å²) >= 11 is 0. The van der Waals surface area contributed by atoms with Gasteiger partial charge in [-0.25, -0.2) is 4.98 Å². The lowest BCUT2D eigenvalue weighted by Gasteiger charge is -2.44. The van der Waals surface area contributed by atoms with E-state index in [4.69, 9.17) is 0 Å². The summed E-state index contributed by atoms with van der Waals surface area (Å²) in [5.41, 5.74) is -0.677. The van der Waals surface area contributed by atoms with E-state index in [9.17, 15) is 9.59 Å². The molecule has 1 unspecified atom stereocenters. The van der Waals surface area contributed by atoms with Crippen LogP contribution in [0.25, 0.3) is 0 Å². The fourth-order valence-corrected chi connectivity index (χ4v) is 3.07. The number of aryl methyl sites for hydroxylation is 1. The highest BCUT2D eigenvalue weighted by Gasteiger charge is 2.54. The highest BCUT2D eigenvalue weighted by molar-refractivity contribution is 5.98. The van der Waals surface area contributed by atoms with Gasteiger partial charge in [0.25, 0.3) is 0 Å². The molecule has 6 heteroatoms. The number of carbonyl (C=O) groups is 2. The largest absolute Gasteiger partial charge is 0.345 e. The number of hydrogen-bond acceptors (Lipinski definition) is 3. The summed E-state index contributed by atoms with van der Waals surface area (Å²) in [5, 5.41) is 2.73. The van der Waals surface area contributed by atoms with E-state index in [-0.39, 0.29) is 18.4 Å². The normalized spacial score (nSPS) is 26.8. The minimum Gasteiger partial charge on any atom is -0.345 e. The van der Waals surface area contributed by atoms with E-state index in [1.807, 2.05) is 24.6 Å². The molecule has 2 amide bonds. The molecule has 0 radical (unpaired) electrons. The Balaban J connectivity index is 1.79. The number of piperazine rings is 1. The Bertz CT molecular complexity index is 549. The molecule has 108 valence electrons. The van der Waals surface area contributed by atoms with E-state index in [0.29, 0.717) is 19.0 Å². The predicted molar refractivity (Wildman–Crippen MR) is 72.8 cm³/mol. The second-order valence-electron chi connectivity index (χ2n) is 5.82. The average Bonchev–Trinajstić information content (AvgIpc) is 3.19. The van der Waals surface area contributed by atoms with Gasteiger partial charge >= 0.3 is 0 Å². The van der Waals surface area contributed by atoms with Crippen molar-refractivity contribution in [3.8, 4) is 0 Å². The van der Waals surface area contributed by atoms with Gasteiger partial charge in [-0.05, 0) is 32.6 Å². The maximum absolute atomic E-state index is 12.3. The summed E-state index contributed by atoms with van der Waals surface area (Å²) in [5.74, 6) is 1.22. The number of imidazole rings is 1. The Morgan fingerprint density at radius 1 is 1.40 bits per heavy atom. The van der Waals surface area contributed by atoms with Gasteiger partial charge in [0, 0.05) is 25.5 Å². The Morgan fingerprint density at radius 2 is 2.15 bits per heavy atom. The van der Waals surface area contributed by atoms with Crippen molar-refractivity contribution in [1.82, 2.24) is 19.8 Å². The summed E-state index contributed by atoms with van der Waals surface area (Å²) in [6.45, 7) is 5.18. The number of carbonyl (C=O) groups excluding carboxylic acids is 2. The van der Waals surface area contributed by atoms with Crippen LogP contribution in [0.3, 0.4) is 0 Å². The second-order valence-corrected chi connectivity index (χ2v) is 5.82. The fourth-order valence-electron chi connectivity index (χ4n) is 3.07. The summed E-state index contributed by atoms with van der Waals surface area (Å²) in [6, 6.07) is 0. The quantitative estimate of drug-likeness (QED) is 0.861. The van der Waals surface area contributed by atoms with Gasteiger partial charge in [-0.15, -0.1) is 0 Å². The van der Waals surface area contributed by atoms with Crippen LogP contribution in [0, 0.1) is 12.8 Å². The van der Waals surface area contributed by atoms with Gasteiger partial charge in [0.1, 0.15) is 11.4 Å². The molecule has 2 fully saturated rings. The zero-order chi connectivity index (χ0) is 14.3. The van der Waals surface area contributed by atoms with Crippen molar-refractivity contribution in [1.29, 1.82) is 0 Å². The molecular formula is C14H20N4O2. The van der Waals surface area contributed by atoms with Crippen LogP contribution in [0.5, 0.6) is 0 Å². The van der Waals surface area contributed by atoms with Gasteiger partial charge < -0.3 is 14.8 Å². The highest BCUT2D eigenvalue weighted by Crippen LogP contribution is 2.44. The van der Waals surface area contributed by atoms with E-state index in [1.165, 1.54) is 0 Å². The number of nitrogens with zero attached hydrogens (tertiary/aromatic N) is 3. The van der Waals surface area contributed by atoms with Crippen LogP contribution in [-0.2, 0) is 16.1 Å². The number of rotatable bonds is 4. The van der Waals surface area contributed by atoms with Crippen LogP contribution in [0.2, 0.25) is 0 Å². The second kappa shape index (κ2) is 4.61. The van der Waals surface area contributed by atoms with Gasteiger partial charge in [-0.2, -0.15) is 0 Å². The molecule has 1 saturated carbocycles. The third-order valence-corrected chi connectivity index (χ3v) is 4.58. The molecule has 0 spiro atoms. The van der Waals surface area contributed by atoms with E-state index >= 15 is 0 Å². The third-order valence-electron chi connectivity index (χ3n) is 4.58. The Labute approximate surface area is 118 Å². The zero-order valence-corrected chi connectivity index (χ0v) is 11.9. The van der Waals surface area contributed by atoms with Crippen molar-refractivity contribution < 1.29 is 9.59 Å². The molecular weight excluding hydrogens is 256 g/mol. The first-order chi connectivity index (χ1) is 9.53. The van der Waals surface area contributed by atoms with Gasteiger partial charge in [0.2, 0.25) is 11.8 Å². The lowest BCUT2D eigenvalue weighted by molar-refractivity contribution is -0.154. The van der Waals surface area contributed by atoms with Crippen molar-refractivity contribution >= 4 is 11.8 Å². The SMILES string of the molecule is Cc1nccn1CCN1C(=O)CNC(=O)C1(C)C1CC1. The first-order valence-corrected chi connectivity index (χ1v) is 7.10. The molecule has 6 nitrogen and oxygen atoms in total. The van der Waals surface area contributed by atoms with Gasteiger partial charge in [-0.3, -0.25) is 9.59 Å². The van der Waals surface area contributed by atoms with Crippen LogP contribution >= 0.6 is 0 Å². The van der Waals surface area contributed by atoms with Crippen LogP contribution < -0.4 is 5.32 Å². The van der Waals surface area contributed by atoms with Crippen LogP contribution in [0.1, 0.15) is 25.6 Å². The maximum Gasteiger partial charge on any atom is 0.246 e. The zero-order valence-electron chi connectivity index (χ0n) is 11.9. The van der Waals surface area contributed by atoms with Crippen molar-refractivity contribution in [2.24, 2.45) is 5.92 Å². The molecule has 1 atom stereocenters. The molecule has 3 rings (SSSR count).